The summed E-state index contributed by atoms with van der Waals surface area (Å²) in [6.07, 6.45) is 6.17. The minimum atomic E-state index is 0. The van der Waals surface area contributed by atoms with E-state index >= 15 is 0 Å². The van der Waals surface area contributed by atoms with Crippen LogP contribution in [0.3, 0.4) is 0 Å². The number of aryl methyl sites for hydroxylation is 1. The molecule has 1 saturated heterocycles. The van der Waals surface area contributed by atoms with E-state index in [2.05, 4.69) is 17.2 Å². The van der Waals surface area contributed by atoms with Gasteiger partial charge in [-0.3, -0.25) is 4.79 Å². The van der Waals surface area contributed by atoms with Crippen LogP contribution in [0.5, 0.6) is 0 Å². The highest BCUT2D eigenvalue weighted by Gasteiger charge is 2.38. The monoisotopic (exact) mass is 298 g/mol. The predicted octanol–water partition coefficient (Wildman–Crippen LogP) is 1.36. The van der Waals surface area contributed by atoms with Crippen LogP contribution in [0.15, 0.2) is 12.4 Å². The summed E-state index contributed by atoms with van der Waals surface area (Å²) >= 11 is 0. The molecular formula is C14H23ClN4O. The van der Waals surface area contributed by atoms with E-state index < -0.39 is 0 Å². The molecule has 0 spiro atoms. The van der Waals surface area contributed by atoms with E-state index in [1.165, 1.54) is 12.8 Å². The van der Waals surface area contributed by atoms with Crippen LogP contribution in [-0.2, 0) is 11.8 Å². The van der Waals surface area contributed by atoms with Crippen molar-refractivity contribution in [2.24, 2.45) is 18.9 Å². The summed E-state index contributed by atoms with van der Waals surface area (Å²) < 4.78 is 2.01. The Hall–Kier alpha value is -1.07. The Balaban J connectivity index is 0.00000147. The van der Waals surface area contributed by atoms with E-state index in [4.69, 9.17) is 0 Å². The predicted molar refractivity (Wildman–Crippen MR) is 79.7 cm³/mol. The van der Waals surface area contributed by atoms with Crippen molar-refractivity contribution >= 4 is 18.3 Å². The fourth-order valence-electron chi connectivity index (χ4n) is 2.96. The molecule has 1 aliphatic heterocycles. The van der Waals surface area contributed by atoms with Gasteiger partial charge in [-0.15, -0.1) is 12.4 Å². The average Bonchev–Trinajstić information content (AvgIpc) is 3.19. The first-order chi connectivity index (χ1) is 9.18. The van der Waals surface area contributed by atoms with Crippen molar-refractivity contribution in [1.29, 1.82) is 0 Å². The number of carbonyl (C=O) groups excluding carboxylic acids is 1. The molecule has 5 nitrogen and oxygen atoms in total. The number of carbonyl (C=O) groups is 1. The average molecular weight is 299 g/mol. The van der Waals surface area contributed by atoms with Gasteiger partial charge < -0.3 is 14.8 Å². The summed E-state index contributed by atoms with van der Waals surface area (Å²) in [5.41, 5.74) is 0. The summed E-state index contributed by atoms with van der Waals surface area (Å²) in [4.78, 5) is 19.1. The lowest BCUT2D eigenvalue weighted by Crippen LogP contribution is -2.51. The van der Waals surface area contributed by atoms with Crippen molar-refractivity contribution in [3.63, 3.8) is 0 Å². The highest BCUT2D eigenvalue weighted by atomic mass is 35.5. The minimum absolute atomic E-state index is 0. The van der Waals surface area contributed by atoms with Crippen molar-refractivity contribution in [2.75, 3.05) is 19.6 Å². The molecule has 2 heterocycles. The maximum atomic E-state index is 12.7. The molecule has 3 rings (SSSR count). The molecule has 1 amide bonds. The summed E-state index contributed by atoms with van der Waals surface area (Å²) in [5.74, 6) is 2.06. The van der Waals surface area contributed by atoms with E-state index in [9.17, 15) is 4.79 Å². The van der Waals surface area contributed by atoms with Crippen molar-refractivity contribution in [1.82, 2.24) is 19.8 Å². The minimum Gasteiger partial charge on any atom is -0.336 e. The first-order valence-electron chi connectivity index (χ1n) is 7.17. The zero-order valence-corrected chi connectivity index (χ0v) is 12.9. The van der Waals surface area contributed by atoms with Gasteiger partial charge in [-0.2, -0.15) is 0 Å². The van der Waals surface area contributed by atoms with Gasteiger partial charge in [-0.05, 0) is 18.8 Å². The van der Waals surface area contributed by atoms with Crippen LogP contribution in [0.4, 0.5) is 0 Å². The lowest BCUT2D eigenvalue weighted by atomic mass is 10.0. The molecule has 0 bridgehead atoms. The molecule has 2 atom stereocenters. The van der Waals surface area contributed by atoms with Gasteiger partial charge in [0.05, 0.1) is 0 Å². The number of nitrogens with zero attached hydrogens (tertiary/aromatic N) is 3. The van der Waals surface area contributed by atoms with Crippen molar-refractivity contribution in [3.05, 3.63) is 18.2 Å². The molecule has 0 radical (unpaired) electrons. The fourth-order valence-corrected chi connectivity index (χ4v) is 2.96. The second kappa shape index (κ2) is 6.14. The molecule has 0 aromatic carbocycles. The number of imidazole rings is 1. The van der Waals surface area contributed by atoms with Crippen LogP contribution < -0.4 is 5.32 Å². The lowest BCUT2D eigenvalue weighted by molar-refractivity contribution is -0.139. The summed E-state index contributed by atoms with van der Waals surface area (Å²) in [6, 6.07) is 0.0717. The molecular weight excluding hydrogens is 276 g/mol. The van der Waals surface area contributed by atoms with E-state index in [-0.39, 0.29) is 24.4 Å². The number of hydrogen-bond donors (Lipinski definition) is 1. The second-order valence-electron chi connectivity index (χ2n) is 5.77. The summed E-state index contributed by atoms with van der Waals surface area (Å²) in [6.45, 7) is 4.54. The number of rotatable bonds is 3. The third-order valence-corrected chi connectivity index (χ3v) is 4.40. The Kier molecular flexibility index (Phi) is 4.70. The zero-order valence-electron chi connectivity index (χ0n) is 12.1. The van der Waals surface area contributed by atoms with E-state index in [1.807, 2.05) is 22.7 Å². The van der Waals surface area contributed by atoms with E-state index in [0.29, 0.717) is 11.8 Å². The Morgan fingerprint density at radius 1 is 1.50 bits per heavy atom. The zero-order chi connectivity index (χ0) is 13.4. The van der Waals surface area contributed by atoms with Gasteiger partial charge in [0, 0.05) is 45.0 Å². The number of halogens is 1. The van der Waals surface area contributed by atoms with Gasteiger partial charge in [0.25, 0.3) is 0 Å². The normalized spacial score (nSPS) is 24.1. The van der Waals surface area contributed by atoms with E-state index in [1.54, 1.807) is 6.20 Å². The third kappa shape index (κ3) is 2.83. The SMILES string of the molecule is CC(C(=O)N1CCNCC1c1nccn1C)C1CC1.Cl. The largest absolute Gasteiger partial charge is 0.336 e. The molecule has 2 unspecified atom stereocenters. The topological polar surface area (TPSA) is 50.2 Å². The molecule has 1 aromatic heterocycles. The van der Waals surface area contributed by atoms with Crippen molar-refractivity contribution < 1.29 is 4.79 Å². The molecule has 112 valence electrons. The Labute approximate surface area is 126 Å². The molecule has 1 aromatic rings. The molecule has 2 fully saturated rings. The Bertz CT molecular complexity index is 471. The first kappa shape index (κ1) is 15.3. The van der Waals surface area contributed by atoms with Gasteiger partial charge in [0.1, 0.15) is 11.9 Å². The Morgan fingerprint density at radius 3 is 2.85 bits per heavy atom. The Morgan fingerprint density at radius 2 is 2.25 bits per heavy atom. The molecule has 1 N–H and O–H groups in total. The maximum Gasteiger partial charge on any atom is 0.226 e. The van der Waals surface area contributed by atoms with Crippen molar-refractivity contribution in [2.45, 2.75) is 25.8 Å². The van der Waals surface area contributed by atoms with Gasteiger partial charge in [0.15, 0.2) is 0 Å². The molecule has 20 heavy (non-hydrogen) atoms. The second-order valence-corrected chi connectivity index (χ2v) is 5.77. The van der Waals surface area contributed by atoms with Crippen LogP contribution in [0.25, 0.3) is 0 Å². The molecule has 1 aliphatic carbocycles. The van der Waals surface area contributed by atoms with Gasteiger partial charge in [-0.25, -0.2) is 4.98 Å². The van der Waals surface area contributed by atoms with Gasteiger partial charge >= 0.3 is 0 Å². The fraction of sp³-hybridized carbons (Fsp3) is 0.714. The van der Waals surface area contributed by atoms with E-state index in [0.717, 1.165) is 25.5 Å². The standard InChI is InChI=1S/C14H22N4O.ClH/c1-10(11-3-4-11)14(19)18-8-5-15-9-12(18)13-16-6-7-17(13)2;/h6-7,10-12,15H,3-5,8-9H2,1-2H3;1H. The van der Waals surface area contributed by atoms with Crippen LogP contribution in [0.1, 0.15) is 31.6 Å². The number of piperazine rings is 1. The van der Waals surface area contributed by atoms with Gasteiger partial charge in [0.2, 0.25) is 5.91 Å². The number of aromatic nitrogens is 2. The third-order valence-electron chi connectivity index (χ3n) is 4.40. The number of nitrogens with one attached hydrogen (secondary N) is 1. The smallest absolute Gasteiger partial charge is 0.226 e. The van der Waals surface area contributed by atoms with Crippen LogP contribution in [-0.4, -0.2) is 40.0 Å². The lowest BCUT2D eigenvalue weighted by Gasteiger charge is -2.37. The molecule has 2 aliphatic rings. The van der Waals surface area contributed by atoms with Crippen molar-refractivity contribution in [3.8, 4) is 0 Å². The maximum absolute atomic E-state index is 12.7. The van der Waals surface area contributed by atoms with Crippen LogP contribution >= 0.6 is 12.4 Å². The molecule has 1 saturated carbocycles. The quantitative estimate of drug-likeness (QED) is 0.917. The molecule has 6 heteroatoms. The first-order valence-corrected chi connectivity index (χ1v) is 7.17. The highest BCUT2D eigenvalue weighted by Crippen LogP contribution is 2.38. The van der Waals surface area contributed by atoms with Crippen LogP contribution in [0.2, 0.25) is 0 Å². The number of amides is 1. The van der Waals surface area contributed by atoms with Crippen LogP contribution in [0, 0.1) is 11.8 Å². The summed E-state index contributed by atoms with van der Waals surface area (Å²) in [5, 5.41) is 3.37. The summed E-state index contributed by atoms with van der Waals surface area (Å²) in [7, 11) is 1.99. The van der Waals surface area contributed by atoms with Gasteiger partial charge in [-0.1, -0.05) is 6.92 Å². The number of hydrogen-bond acceptors (Lipinski definition) is 3. The highest BCUT2D eigenvalue weighted by molar-refractivity contribution is 5.85.